The molecule has 1 spiro atoms. The number of benzene rings is 1. The van der Waals surface area contributed by atoms with Crippen molar-refractivity contribution in [2.75, 3.05) is 26.2 Å². The molecule has 7 nitrogen and oxygen atoms in total. The number of nitrogens with zero attached hydrogens (tertiary/aromatic N) is 1. The normalized spacial score (nSPS) is 32.2. The summed E-state index contributed by atoms with van der Waals surface area (Å²) < 4.78 is 19.8. The van der Waals surface area contributed by atoms with Gasteiger partial charge in [-0.1, -0.05) is 31.6 Å². The number of ether oxygens (including phenoxy) is 3. The van der Waals surface area contributed by atoms with Crippen molar-refractivity contribution in [1.82, 2.24) is 4.90 Å². The van der Waals surface area contributed by atoms with Gasteiger partial charge in [0.15, 0.2) is 22.8 Å². The largest absolute Gasteiger partial charge is 0.507 e. The van der Waals surface area contributed by atoms with Gasteiger partial charge in [-0.15, -0.1) is 0 Å². The highest BCUT2D eigenvalue weighted by molar-refractivity contribution is 6.18. The number of hydrogen-bond donors (Lipinski definition) is 1. The minimum absolute atomic E-state index is 0.00126. The second kappa shape index (κ2) is 9.31. The zero-order valence-electron chi connectivity index (χ0n) is 24.5. The lowest BCUT2D eigenvalue weighted by Gasteiger charge is -2.59. The Morgan fingerprint density at radius 2 is 1.88 bits per heavy atom. The summed E-state index contributed by atoms with van der Waals surface area (Å²) in [7, 11) is 0. The molecule has 7 rings (SSSR count). The summed E-state index contributed by atoms with van der Waals surface area (Å²) in [5.74, 6) is -0.381. The van der Waals surface area contributed by atoms with E-state index in [0.717, 1.165) is 38.0 Å². The summed E-state index contributed by atoms with van der Waals surface area (Å²) in [6.45, 7) is 15.2. The third-order valence-electron chi connectivity index (χ3n) is 9.42. The van der Waals surface area contributed by atoms with E-state index in [1.54, 1.807) is 0 Å². The number of rotatable bonds is 8. The molecule has 3 heterocycles. The van der Waals surface area contributed by atoms with Crippen molar-refractivity contribution in [3.8, 4) is 17.2 Å². The molecule has 1 aromatic carbocycles. The fraction of sp³-hybridized carbons (Fsp3) is 0.576. The summed E-state index contributed by atoms with van der Waals surface area (Å²) in [6, 6.07) is 1.51. The minimum Gasteiger partial charge on any atom is -0.507 e. The Hall–Kier alpha value is -2.90. The maximum absolute atomic E-state index is 14.5. The van der Waals surface area contributed by atoms with E-state index in [4.69, 9.17) is 14.2 Å². The smallest absolute Gasteiger partial charge is 0.200 e. The highest BCUT2D eigenvalue weighted by atomic mass is 16.6. The number of hydrogen-bond acceptors (Lipinski definition) is 7. The number of carbonyl (C=O) groups excluding carboxylic acids is 2. The molecule has 5 atom stereocenters. The molecule has 40 heavy (non-hydrogen) atoms. The molecule has 4 bridgehead atoms. The first-order chi connectivity index (χ1) is 19.0. The van der Waals surface area contributed by atoms with Crippen LogP contribution in [0, 0.1) is 17.8 Å². The first kappa shape index (κ1) is 27.3. The Morgan fingerprint density at radius 1 is 1.15 bits per heavy atom. The van der Waals surface area contributed by atoms with Crippen LogP contribution in [0.3, 0.4) is 0 Å². The number of fused-ring (bicyclic) bond motifs is 3. The van der Waals surface area contributed by atoms with Crippen LogP contribution in [0.1, 0.15) is 76.7 Å². The van der Waals surface area contributed by atoms with Crippen molar-refractivity contribution in [3.63, 3.8) is 0 Å². The second-order valence-corrected chi connectivity index (χ2v) is 12.9. The monoisotopic (exact) mass is 547 g/mol. The Balaban J connectivity index is 1.55. The maximum atomic E-state index is 14.5. The molecule has 1 N–H and O–H groups in total. The molecule has 7 heteroatoms. The van der Waals surface area contributed by atoms with Gasteiger partial charge in [0.05, 0.1) is 12.2 Å². The molecular formula is C33H41NO6. The van der Waals surface area contributed by atoms with Gasteiger partial charge in [-0.25, -0.2) is 0 Å². The van der Waals surface area contributed by atoms with E-state index >= 15 is 0 Å². The van der Waals surface area contributed by atoms with Crippen LogP contribution in [0.4, 0.5) is 0 Å². The number of phenols is 1. The van der Waals surface area contributed by atoms with Crippen LogP contribution < -0.4 is 9.47 Å². The van der Waals surface area contributed by atoms with Crippen LogP contribution in [0.25, 0.3) is 6.08 Å². The van der Waals surface area contributed by atoms with Crippen molar-refractivity contribution < 1.29 is 28.9 Å². The summed E-state index contributed by atoms with van der Waals surface area (Å²) in [6.07, 6.45) is 10.1. The summed E-state index contributed by atoms with van der Waals surface area (Å²) >= 11 is 0. The molecular weight excluding hydrogens is 506 g/mol. The second-order valence-electron chi connectivity index (χ2n) is 12.9. The minimum atomic E-state index is -1.30. The molecule has 6 aliphatic rings. The standard InChI is InChI=1S/C33H41NO6/c1-7-13-34(14-8-2)17-22-21-15-23-28(36)27-25(35)16-26-20(10-11-31(5,6)39-26)29(27)40-33(23)24(22)18-38-32(33,30(21)37)12-9-19(3)4/h9-11,15-16,21-22,24,35H,7-8,12-14,17-18H2,1-6H3/t21-,22+,24-,32+,33-/m1/s1. The first-order valence-corrected chi connectivity index (χ1v) is 14.8. The molecule has 1 aromatic rings. The molecule has 3 aliphatic carbocycles. The van der Waals surface area contributed by atoms with Gasteiger partial charge in [-0.05, 0) is 71.7 Å². The van der Waals surface area contributed by atoms with Gasteiger partial charge in [-0.3, -0.25) is 9.59 Å². The topological polar surface area (TPSA) is 85.3 Å². The lowest BCUT2D eigenvalue weighted by Crippen LogP contribution is -2.74. The third kappa shape index (κ3) is 3.63. The molecule has 2 fully saturated rings. The first-order valence-electron chi connectivity index (χ1n) is 14.8. The Kier molecular flexibility index (Phi) is 6.35. The zero-order valence-corrected chi connectivity index (χ0v) is 24.5. The Morgan fingerprint density at radius 3 is 2.55 bits per heavy atom. The van der Waals surface area contributed by atoms with Gasteiger partial charge < -0.3 is 24.2 Å². The molecule has 0 aromatic heterocycles. The van der Waals surface area contributed by atoms with Crippen molar-refractivity contribution in [1.29, 1.82) is 0 Å². The van der Waals surface area contributed by atoms with Crippen molar-refractivity contribution in [3.05, 3.63) is 46.6 Å². The van der Waals surface area contributed by atoms with E-state index in [0.29, 0.717) is 29.9 Å². The van der Waals surface area contributed by atoms with E-state index in [2.05, 4.69) is 18.7 Å². The fourth-order valence-corrected chi connectivity index (χ4v) is 7.75. The number of allylic oxidation sites excluding steroid dienone is 2. The van der Waals surface area contributed by atoms with Crippen LogP contribution >= 0.6 is 0 Å². The highest BCUT2D eigenvalue weighted by Gasteiger charge is 2.79. The third-order valence-corrected chi connectivity index (χ3v) is 9.42. The van der Waals surface area contributed by atoms with Crippen LogP contribution in [0.15, 0.2) is 35.4 Å². The average molecular weight is 548 g/mol. The summed E-state index contributed by atoms with van der Waals surface area (Å²) in [5, 5.41) is 11.1. The maximum Gasteiger partial charge on any atom is 0.200 e. The predicted octanol–water partition coefficient (Wildman–Crippen LogP) is 5.51. The van der Waals surface area contributed by atoms with E-state index in [1.807, 2.05) is 52.0 Å². The Labute approximate surface area is 236 Å². The van der Waals surface area contributed by atoms with E-state index < -0.39 is 22.7 Å². The van der Waals surface area contributed by atoms with Crippen molar-refractivity contribution in [2.45, 2.75) is 77.6 Å². The Bertz CT molecular complexity index is 1360. The van der Waals surface area contributed by atoms with Crippen LogP contribution in [0.2, 0.25) is 0 Å². The van der Waals surface area contributed by atoms with Crippen LogP contribution in [-0.4, -0.2) is 64.6 Å². The molecule has 3 aliphatic heterocycles. The molecule has 0 unspecified atom stereocenters. The number of ketones is 2. The number of aromatic hydroxyl groups is 1. The lowest BCUT2D eigenvalue weighted by atomic mass is 9.49. The SMILES string of the molecule is CCCN(CCC)C[C@@H]1[C@H]2CO[C@@]3(CC=C(C)C)C(=O)[C@@H]1C=C1C(=O)c4c(O)cc5c(c4O[C@]123)C=CC(C)(C)O5. The number of Topliss-reactive ketones (excluding diaryl/α,β-unsaturated/α-hetero) is 2. The van der Waals surface area contributed by atoms with Crippen molar-refractivity contribution in [2.24, 2.45) is 17.8 Å². The quantitative estimate of drug-likeness (QED) is 0.430. The van der Waals surface area contributed by atoms with Gasteiger partial charge in [0.25, 0.3) is 0 Å². The van der Waals surface area contributed by atoms with Gasteiger partial charge in [0.1, 0.15) is 28.4 Å². The van der Waals surface area contributed by atoms with Crippen LogP contribution in [-0.2, 0) is 9.53 Å². The van der Waals surface area contributed by atoms with E-state index in [1.165, 1.54) is 6.07 Å². The van der Waals surface area contributed by atoms with Gasteiger partial charge >= 0.3 is 0 Å². The van der Waals surface area contributed by atoms with E-state index in [-0.39, 0.29) is 40.5 Å². The predicted molar refractivity (Wildman–Crippen MR) is 153 cm³/mol. The van der Waals surface area contributed by atoms with Gasteiger partial charge in [-0.2, -0.15) is 0 Å². The lowest BCUT2D eigenvalue weighted by molar-refractivity contribution is -0.171. The fourth-order valence-electron chi connectivity index (χ4n) is 7.75. The van der Waals surface area contributed by atoms with Crippen LogP contribution in [0.5, 0.6) is 17.2 Å². The summed E-state index contributed by atoms with van der Waals surface area (Å²) in [5.41, 5.74) is -0.872. The summed E-state index contributed by atoms with van der Waals surface area (Å²) in [4.78, 5) is 31.3. The number of phenolic OH excluding ortho intramolecular Hbond substituents is 1. The molecule has 1 saturated carbocycles. The average Bonchev–Trinajstić information content (AvgIpc) is 3.17. The van der Waals surface area contributed by atoms with Crippen molar-refractivity contribution >= 4 is 17.6 Å². The van der Waals surface area contributed by atoms with Gasteiger partial charge in [0, 0.05) is 36.4 Å². The van der Waals surface area contributed by atoms with E-state index in [9.17, 15) is 14.7 Å². The molecule has 214 valence electrons. The number of carbonyl (C=O) groups is 2. The molecule has 0 amide bonds. The van der Waals surface area contributed by atoms with Gasteiger partial charge in [0.2, 0.25) is 0 Å². The zero-order chi connectivity index (χ0) is 28.6. The highest BCUT2D eigenvalue weighted by Crippen LogP contribution is 2.66. The molecule has 1 saturated heterocycles. The molecule has 0 radical (unpaired) electrons.